The molecule has 0 radical (unpaired) electrons. The monoisotopic (exact) mass is 398 g/mol. The minimum atomic E-state index is -3.61. The van der Waals surface area contributed by atoms with Crippen molar-refractivity contribution in [1.82, 2.24) is 4.31 Å². The molecule has 0 aliphatic carbocycles. The summed E-state index contributed by atoms with van der Waals surface area (Å²) in [5.74, 6) is -1.04. The molecular formula is C17H16ClFN2O4S. The van der Waals surface area contributed by atoms with E-state index in [-0.39, 0.29) is 15.5 Å². The normalized spacial score (nSPS) is 15.6. The van der Waals surface area contributed by atoms with E-state index in [0.717, 1.165) is 6.07 Å². The lowest BCUT2D eigenvalue weighted by molar-refractivity contribution is 0.0730. The van der Waals surface area contributed by atoms with Crippen molar-refractivity contribution in [3.63, 3.8) is 0 Å². The molecule has 1 fully saturated rings. The molecule has 2 aromatic rings. The molecule has 0 atom stereocenters. The van der Waals surface area contributed by atoms with E-state index in [1.807, 2.05) is 0 Å². The second kappa shape index (κ2) is 7.71. The molecule has 6 nitrogen and oxygen atoms in total. The maximum atomic E-state index is 13.2. The highest BCUT2D eigenvalue weighted by Crippen LogP contribution is 2.21. The highest BCUT2D eigenvalue weighted by atomic mass is 35.5. The Morgan fingerprint density at radius 1 is 1.12 bits per heavy atom. The second-order valence-electron chi connectivity index (χ2n) is 5.62. The molecule has 26 heavy (non-hydrogen) atoms. The van der Waals surface area contributed by atoms with E-state index in [0.29, 0.717) is 32.0 Å². The molecule has 0 bridgehead atoms. The molecule has 1 aliphatic heterocycles. The van der Waals surface area contributed by atoms with Gasteiger partial charge >= 0.3 is 0 Å². The average molecular weight is 399 g/mol. The maximum Gasteiger partial charge on any atom is 0.255 e. The van der Waals surface area contributed by atoms with Crippen LogP contribution in [0, 0.1) is 5.82 Å². The minimum Gasteiger partial charge on any atom is -0.379 e. The Morgan fingerprint density at radius 2 is 1.77 bits per heavy atom. The zero-order valence-electron chi connectivity index (χ0n) is 13.6. The number of morpholine rings is 1. The van der Waals surface area contributed by atoms with Gasteiger partial charge < -0.3 is 10.1 Å². The van der Waals surface area contributed by atoms with Crippen LogP contribution < -0.4 is 5.32 Å². The Balaban J connectivity index is 1.74. The van der Waals surface area contributed by atoms with Crippen molar-refractivity contribution in [3.05, 3.63) is 58.9 Å². The molecule has 1 saturated heterocycles. The second-order valence-corrected chi connectivity index (χ2v) is 7.97. The predicted octanol–water partition coefficient (Wildman–Crippen LogP) is 2.75. The lowest BCUT2D eigenvalue weighted by Crippen LogP contribution is -2.40. The van der Waals surface area contributed by atoms with Crippen molar-refractivity contribution in [2.24, 2.45) is 0 Å². The first-order valence-electron chi connectivity index (χ1n) is 7.82. The summed E-state index contributed by atoms with van der Waals surface area (Å²) in [5.41, 5.74) is 0.609. The number of nitrogens with zero attached hydrogens (tertiary/aromatic N) is 1. The fourth-order valence-corrected chi connectivity index (χ4v) is 4.08. The third kappa shape index (κ3) is 4.04. The largest absolute Gasteiger partial charge is 0.379 e. The number of halogens is 2. The van der Waals surface area contributed by atoms with Gasteiger partial charge in [0.25, 0.3) is 5.91 Å². The summed E-state index contributed by atoms with van der Waals surface area (Å²) in [4.78, 5) is 12.4. The number of rotatable bonds is 4. The fraction of sp³-hybridized carbons (Fsp3) is 0.235. The number of sulfonamides is 1. The number of hydrogen-bond donors (Lipinski definition) is 1. The number of nitrogens with one attached hydrogen (secondary N) is 1. The number of benzene rings is 2. The van der Waals surface area contributed by atoms with E-state index in [2.05, 4.69) is 5.32 Å². The van der Waals surface area contributed by atoms with Crippen LogP contribution in [0.3, 0.4) is 0 Å². The van der Waals surface area contributed by atoms with Gasteiger partial charge in [0.05, 0.1) is 23.1 Å². The van der Waals surface area contributed by atoms with Gasteiger partial charge in [0.15, 0.2) is 0 Å². The van der Waals surface area contributed by atoms with Crippen molar-refractivity contribution in [2.45, 2.75) is 4.90 Å². The zero-order chi connectivity index (χ0) is 18.7. The fourth-order valence-electron chi connectivity index (χ4n) is 2.49. The lowest BCUT2D eigenvalue weighted by Gasteiger charge is -2.26. The van der Waals surface area contributed by atoms with E-state index < -0.39 is 21.7 Å². The van der Waals surface area contributed by atoms with Gasteiger partial charge in [-0.25, -0.2) is 12.8 Å². The average Bonchev–Trinajstić information content (AvgIpc) is 2.65. The number of ether oxygens (including phenoxy) is 1. The van der Waals surface area contributed by atoms with Crippen LogP contribution in [0.4, 0.5) is 10.1 Å². The third-order valence-electron chi connectivity index (χ3n) is 3.90. The first kappa shape index (κ1) is 18.8. The number of anilines is 1. The van der Waals surface area contributed by atoms with Crippen molar-refractivity contribution >= 4 is 33.2 Å². The Hall–Kier alpha value is -2.00. The number of hydrogen-bond acceptors (Lipinski definition) is 4. The van der Waals surface area contributed by atoms with E-state index in [1.165, 1.54) is 40.7 Å². The molecule has 3 rings (SSSR count). The molecule has 0 aromatic heterocycles. The van der Waals surface area contributed by atoms with Crippen LogP contribution in [0.15, 0.2) is 47.4 Å². The molecule has 2 aromatic carbocycles. The van der Waals surface area contributed by atoms with Crippen molar-refractivity contribution in [1.29, 1.82) is 0 Å². The first-order chi connectivity index (χ1) is 12.4. The SMILES string of the molecule is O=C(Nc1ccc(F)c(Cl)c1)c1ccc(S(=O)(=O)N2CCOCC2)cc1. The van der Waals surface area contributed by atoms with Gasteiger partial charge in [0.1, 0.15) is 5.82 Å². The quantitative estimate of drug-likeness (QED) is 0.859. The molecule has 9 heteroatoms. The highest BCUT2D eigenvalue weighted by Gasteiger charge is 2.26. The van der Waals surface area contributed by atoms with E-state index in [9.17, 15) is 17.6 Å². The van der Waals surface area contributed by atoms with Crippen LogP contribution in [0.2, 0.25) is 5.02 Å². The van der Waals surface area contributed by atoms with E-state index in [4.69, 9.17) is 16.3 Å². The Morgan fingerprint density at radius 3 is 2.38 bits per heavy atom. The van der Waals surface area contributed by atoms with Crippen LogP contribution in [0.25, 0.3) is 0 Å². The molecule has 1 N–H and O–H groups in total. The highest BCUT2D eigenvalue weighted by molar-refractivity contribution is 7.89. The summed E-state index contributed by atoms with van der Waals surface area (Å²) in [6.07, 6.45) is 0. The Bertz CT molecular complexity index is 913. The van der Waals surface area contributed by atoms with Crippen LogP contribution >= 0.6 is 11.6 Å². The van der Waals surface area contributed by atoms with Gasteiger partial charge in [0, 0.05) is 24.3 Å². The van der Waals surface area contributed by atoms with E-state index in [1.54, 1.807) is 0 Å². The van der Waals surface area contributed by atoms with Gasteiger partial charge in [-0.3, -0.25) is 4.79 Å². The summed E-state index contributed by atoms with van der Waals surface area (Å²) < 4.78 is 44.8. The Labute approximate surface area is 155 Å². The number of amides is 1. The van der Waals surface area contributed by atoms with Crippen LogP contribution in [0.1, 0.15) is 10.4 Å². The molecule has 1 aliphatic rings. The molecule has 0 unspecified atom stereocenters. The van der Waals surface area contributed by atoms with Crippen molar-refractivity contribution in [3.8, 4) is 0 Å². The molecule has 0 saturated carbocycles. The predicted molar refractivity (Wildman–Crippen MR) is 95.4 cm³/mol. The van der Waals surface area contributed by atoms with Gasteiger partial charge in [-0.05, 0) is 42.5 Å². The molecule has 1 amide bonds. The summed E-state index contributed by atoms with van der Waals surface area (Å²) >= 11 is 5.68. The molecule has 138 valence electrons. The van der Waals surface area contributed by atoms with Crippen molar-refractivity contribution < 1.29 is 22.3 Å². The topological polar surface area (TPSA) is 75.7 Å². The van der Waals surface area contributed by atoms with Crippen molar-refractivity contribution in [2.75, 3.05) is 31.6 Å². The van der Waals surface area contributed by atoms with Gasteiger partial charge in [-0.1, -0.05) is 11.6 Å². The molecule has 1 heterocycles. The number of carbonyl (C=O) groups excluding carboxylic acids is 1. The molecular weight excluding hydrogens is 383 g/mol. The van der Waals surface area contributed by atoms with E-state index >= 15 is 0 Å². The van der Waals surface area contributed by atoms with Crippen LogP contribution in [-0.4, -0.2) is 44.9 Å². The molecule has 0 spiro atoms. The van der Waals surface area contributed by atoms with Crippen LogP contribution in [0.5, 0.6) is 0 Å². The summed E-state index contributed by atoms with van der Waals surface area (Å²) in [5, 5.41) is 2.48. The summed E-state index contributed by atoms with van der Waals surface area (Å²) in [6.45, 7) is 1.33. The van der Waals surface area contributed by atoms with Gasteiger partial charge in [0.2, 0.25) is 10.0 Å². The maximum absolute atomic E-state index is 13.2. The lowest BCUT2D eigenvalue weighted by atomic mass is 10.2. The van der Waals surface area contributed by atoms with Gasteiger partial charge in [-0.2, -0.15) is 4.31 Å². The standard InChI is InChI=1S/C17H16ClFN2O4S/c18-15-11-13(3-6-16(15)19)20-17(22)12-1-4-14(5-2-12)26(23,24)21-7-9-25-10-8-21/h1-6,11H,7-10H2,(H,20,22). The number of carbonyl (C=O) groups is 1. The summed E-state index contributed by atoms with van der Waals surface area (Å²) in [6, 6.07) is 9.45. The third-order valence-corrected chi connectivity index (χ3v) is 6.10. The van der Waals surface area contributed by atoms with Crippen LogP contribution in [-0.2, 0) is 14.8 Å². The summed E-state index contributed by atoms with van der Waals surface area (Å²) in [7, 11) is -3.61. The smallest absolute Gasteiger partial charge is 0.255 e. The minimum absolute atomic E-state index is 0.102. The first-order valence-corrected chi connectivity index (χ1v) is 9.64. The Kier molecular flexibility index (Phi) is 5.57. The van der Waals surface area contributed by atoms with Gasteiger partial charge in [-0.15, -0.1) is 0 Å². The zero-order valence-corrected chi connectivity index (χ0v) is 15.2.